The molecule has 0 aliphatic carbocycles. The van der Waals surface area contributed by atoms with Crippen molar-refractivity contribution in [3.8, 4) is 0 Å². The molecular formula is C12H13NO. The van der Waals surface area contributed by atoms with Gasteiger partial charge < -0.3 is 10.8 Å². The lowest BCUT2D eigenvalue weighted by molar-refractivity contribution is 0.186. The van der Waals surface area contributed by atoms with Crippen LogP contribution in [0.5, 0.6) is 0 Å². The molecule has 1 unspecified atom stereocenters. The quantitative estimate of drug-likeness (QED) is 0.671. The molecule has 0 bridgehead atoms. The van der Waals surface area contributed by atoms with Crippen molar-refractivity contribution in [3.63, 3.8) is 0 Å². The molecule has 0 saturated carbocycles. The van der Waals surface area contributed by atoms with Crippen LogP contribution in [0, 0.1) is 6.92 Å². The van der Waals surface area contributed by atoms with Gasteiger partial charge in [0.15, 0.2) is 0 Å². The van der Waals surface area contributed by atoms with Crippen molar-refractivity contribution >= 4 is 10.8 Å². The summed E-state index contributed by atoms with van der Waals surface area (Å²) in [6.45, 7) is 2.06. The maximum Gasteiger partial charge on any atom is 0.128 e. The average molecular weight is 187 g/mol. The van der Waals surface area contributed by atoms with Crippen LogP contribution in [-0.4, -0.2) is 5.11 Å². The number of nitrogens with two attached hydrogens (primary N) is 1. The molecule has 0 saturated heterocycles. The van der Waals surface area contributed by atoms with Crippen LogP contribution in [-0.2, 0) is 0 Å². The second-order valence-electron chi connectivity index (χ2n) is 3.55. The van der Waals surface area contributed by atoms with E-state index in [0.29, 0.717) is 0 Å². The molecule has 0 aliphatic heterocycles. The Bertz CT molecular complexity index is 463. The highest BCUT2D eigenvalue weighted by atomic mass is 16.3. The first-order valence-corrected chi connectivity index (χ1v) is 4.61. The standard InChI is InChI=1S/C12H13NO/c1-8-2-3-10-7-11(12(13)14)5-4-9(10)6-8/h2-7,12,14H,13H2,1H3. The van der Waals surface area contributed by atoms with Crippen LogP contribution in [0.25, 0.3) is 10.8 Å². The summed E-state index contributed by atoms with van der Waals surface area (Å²) in [6.07, 6.45) is -0.888. The Morgan fingerprint density at radius 1 is 1.07 bits per heavy atom. The highest BCUT2D eigenvalue weighted by molar-refractivity contribution is 5.83. The summed E-state index contributed by atoms with van der Waals surface area (Å²) in [5.41, 5.74) is 7.38. The molecule has 0 heterocycles. The SMILES string of the molecule is Cc1ccc2cc(C(N)O)ccc2c1. The van der Waals surface area contributed by atoms with Gasteiger partial charge in [-0.2, -0.15) is 0 Å². The van der Waals surface area contributed by atoms with Crippen molar-refractivity contribution in [2.24, 2.45) is 5.73 Å². The highest BCUT2D eigenvalue weighted by Crippen LogP contribution is 2.19. The Morgan fingerprint density at radius 3 is 2.43 bits per heavy atom. The number of aliphatic hydroxyl groups excluding tert-OH is 1. The minimum Gasteiger partial charge on any atom is -0.375 e. The maximum absolute atomic E-state index is 9.22. The van der Waals surface area contributed by atoms with Crippen molar-refractivity contribution < 1.29 is 5.11 Å². The number of rotatable bonds is 1. The summed E-state index contributed by atoms with van der Waals surface area (Å²) in [7, 11) is 0. The first kappa shape index (κ1) is 9.19. The van der Waals surface area contributed by atoms with Gasteiger partial charge in [-0.1, -0.05) is 35.9 Å². The molecule has 0 spiro atoms. The second-order valence-corrected chi connectivity index (χ2v) is 3.55. The number of fused-ring (bicyclic) bond motifs is 1. The summed E-state index contributed by atoms with van der Waals surface area (Å²) in [5, 5.41) is 11.5. The molecule has 0 fully saturated rings. The zero-order valence-electron chi connectivity index (χ0n) is 8.07. The van der Waals surface area contributed by atoms with Crippen LogP contribution < -0.4 is 5.73 Å². The fourth-order valence-electron chi connectivity index (χ4n) is 1.57. The number of aliphatic hydroxyl groups is 1. The Labute approximate surface area is 83.0 Å². The first-order valence-electron chi connectivity index (χ1n) is 4.61. The smallest absolute Gasteiger partial charge is 0.128 e. The van der Waals surface area contributed by atoms with Gasteiger partial charge in [-0.3, -0.25) is 0 Å². The van der Waals surface area contributed by atoms with Crippen LogP contribution in [0.3, 0.4) is 0 Å². The van der Waals surface area contributed by atoms with Crippen molar-refractivity contribution in [1.29, 1.82) is 0 Å². The van der Waals surface area contributed by atoms with Gasteiger partial charge in [-0.05, 0) is 29.3 Å². The van der Waals surface area contributed by atoms with Gasteiger partial charge in [0.2, 0.25) is 0 Å². The van der Waals surface area contributed by atoms with Crippen molar-refractivity contribution in [3.05, 3.63) is 47.5 Å². The van der Waals surface area contributed by atoms with E-state index in [-0.39, 0.29) is 0 Å². The largest absolute Gasteiger partial charge is 0.375 e. The van der Waals surface area contributed by atoms with E-state index in [0.717, 1.165) is 10.9 Å². The molecule has 2 nitrogen and oxygen atoms in total. The number of hydrogen-bond donors (Lipinski definition) is 2. The fraction of sp³-hybridized carbons (Fsp3) is 0.167. The summed E-state index contributed by atoms with van der Waals surface area (Å²) in [6, 6.07) is 12.0. The van der Waals surface area contributed by atoms with E-state index in [4.69, 9.17) is 5.73 Å². The van der Waals surface area contributed by atoms with Crippen LogP contribution in [0.15, 0.2) is 36.4 Å². The maximum atomic E-state index is 9.22. The van der Waals surface area contributed by atoms with Crippen LogP contribution >= 0.6 is 0 Å². The molecule has 2 aromatic carbocycles. The van der Waals surface area contributed by atoms with Crippen LogP contribution in [0.2, 0.25) is 0 Å². The van der Waals surface area contributed by atoms with Gasteiger partial charge in [0.1, 0.15) is 6.23 Å². The van der Waals surface area contributed by atoms with E-state index in [1.807, 2.05) is 24.3 Å². The third kappa shape index (κ3) is 1.62. The molecule has 2 rings (SSSR count). The minimum absolute atomic E-state index is 0.751. The van der Waals surface area contributed by atoms with Gasteiger partial charge >= 0.3 is 0 Å². The van der Waals surface area contributed by atoms with Gasteiger partial charge in [0, 0.05) is 0 Å². The Hall–Kier alpha value is -1.38. The topological polar surface area (TPSA) is 46.2 Å². The van der Waals surface area contributed by atoms with E-state index >= 15 is 0 Å². The number of benzene rings is 2. The third-order valence-corrected chi connectivity index (χ3v) is 2.36. The lowest BCUT2D eigenvalue weighted by Crippen LogP contribution is -2.07. The zero-order valence-corrected chi connectivity index (χ0v) is 8.07. The monoisotopic (exact) mass is 187 g/mol. The molecule has 1 atom stereocenters. The fourth-order valence-corrected chi connectivity index (χ4v) is 1.57. The Balaban J connectivity index is 2.62. The molecule has 14 heavy (non-hydrogen) atoms. The van der Waals surface area contributed by atoms with Crippen LogP contribution in [0.4, 0.5) is 0 Å². The Kier molecular flexibility index (Phi) is 2.23. The van der Waals surface area contributed by atoms with Gasteiger partial charge in [-0.15, -0.1) is 0 Å². The van der Waals surface area contributed by atoms with E-state index in [1.54, 1.807) is 0 Å². The van der Waals surface area contributed by atoms with Crippen molar-refractivity contribution in [2.45, 2.75) is 13.2 Å². The van der Waals surface area contributed by atoms with Crippen LogP contribution in [0.1, 0.15) is 17.4 Å². The van der Waals surface area contributed by atoms with E-state index in [1.165, 1.54) is 10.9 Å². The third-order valence-electron chi connectivity index (χ3n) is 2.36. The molecule has 2 heteroatoms. The van der Waals surface area contributed by atoms with E-state index < -0.39 is 6.23 Å². The predicted molar refractivity (Wildman–Crippen MR) is 57.8 cm³/mol. The number of hydrogen-bond acceptors (Lipinski definition) is 2. The zero-order chi connectivity index (χ0) is 10.1. The normalized spacial score (nSPS) is 13.1. The Morgan fingerprint density at radius 2 is 1.71 bits per heavy atom. The molecule has 0 radical (unpaired) electrons. The molecule has 72 valence electrons. The molecule has 0 aliphatic rings. The lowest BCUT2D eigenvalue weighted by atomic mass is 10.0. The molecule has 3 N–H and O–H groups in total. The van der Waals surface area contributed by atoms with Crippen molar-refractivity contribution in [2.75, 3.05) is 0 Å². The molecular weight excluding hydrogens is 174 g/mol. The minimum atomic E-state index is -0.888. The van der Waals surface area contributed by atoms with Gasteiger partial charge in [0.05, 0.1) is 0 Å². The lowest BCUT2D eigenvalue weighted by Gasteiger charge is -2.06. The van der Waals surface area contributed by atoms with E-state index in [9.17, 15) is 5.11 Å². The highest BCUT2D eigenvalue weighted by Gasteiger charge is 2.01. The summed E-state index contributed by atoms with van der Waals surface area (Å²) >= 11 is 0. The number of aryl methyl sites for hydroxylation is 1. The molecule has 0 aromatic heterocycles. The second kappa shape index (κ2) is 3.40. The molecule has 0 amide bonds. The van der Waals surface area contributed by atoms with Gasteiger partial charge in [-0.25, -0.2) is 0 Å². The average Bonchev–Trinajstić information content (AvgIpc) is 2.16. The van der Waals surface area contributed by atoms with Gasteiger partial charge in [0.25, 0.3) is 0 Å². The van der Waals surface area contributed by atoms with E-state index in [2.05, 4.69) is 19.1 Å². The molecule has 2 aromatic rings. The van der Waals surface area contributed by atoms with Crippen molar-refractivity contribution in [1.82, 2.24) is 0 Å². The first-order chi connectivity index (χ1) is 6.66. The summed E-state index contributed by atoms with van der Waals surface area (Å²) < 4.78 is 0. The summed E-state index contributed by atoms with van der Waals surface area (Å²) in [4.78, 5) is 0. The predicted octanol–water partition coefficient (Wildman–Crippen LogP) is 2.10. The summed E-state index contributed by atoms with van der Waals surface area (Å²) in [5.74, 6) is 0.